The van der Waals surface area contributed by atoms with E-state index in [9.17, 15) is 19.2 Å². The summed E-state index contributed by atoms with van der Waals surface area (Å²) < 4.78 is 5.21. The lowest BCUT2D eigenvalue weighted by molar-refractivity contribution is -0.133. The van der Waals surface area contributed by atoms with Gasteiger partial charge >= 0.3 is 6.09 Å². The average Bonchev–Trinajstić information content (AvgIpc) is 3.06. The maximum absolute atomic E-state index is 12.9. The number of carbonyl (C=O) groups is 4. The number of alkyl carbamates (subject to hydrolysis) is 1. The second kappa shape index (κ2) is 11.2. The van der Waals surface area contributed by atoms with Crippen molar-refractivity contribution in [3.63, 3.8) is 0 Å². The molecule has 4 amide bonds. The Bertz CT molecular complexity index is 711. The summed E-state index contributed by atoms with van der Waals surface area (Å²) in [6.45, 7) is 14.4. The van der Waals surface area contributed by atoms with Crippen LogP contribution in [0.4, 0.5) is 4.79 Å². The van der Waals surface area contributed by atoms with Crippen molar-refractivity contribution in [2.45, 2.75) is 98.0 Å². The minimum atomic E-state index is -0.752. The highest BCUT2D eigenvalue weighted by Gasteiger charge is 2.32. The number of likely N-dealkylation sites (tertiary alicyclic amines) is 1. The molecule has 1 fully saturated rings. The van der Waals surface area contributed by atoms with Gasteiger partial charge in [0.1, 0.15) is 17.7 Å². The fraction of sp³-hybridized carbons (Fsp3) is 0.727. The summed E-state index contributed by atoms with van der Waals surface area (Å²) >= 11 is 0. The molecule has 0 aromatic rings. The molecule has 1 rings (SSSR count). The number of hydrogen-bond donors (Lipinski definition) is 3. The lowest BCUT2D eigenvalue weighted by Crippen LogP contribution is -2.49. The number of hydrogen-bond acceptors (Lipinski definition) is 5. The van der Waals surface area contributed by atoms with E-state index in [4.69, 9.17) is 4.74 Å². The Hall–Kier alpha value is -2.58. The zero-order valence-corrected chi connectivity index (χ0v) is 20.0. The first-order chi connectivity index (χ1) is 14.2. The Morgan fingerprint density at radius 2 is 1.61 bits per heavy atom. The normalized spacial score (nSPS) is 18.9. The van der Waals surface area contributed by atoms with Crippen molar-refractivity contribution in [2.24, 2.45) is 0 Å². The molecule has 3 N–H and O–H groups in total. The van der Waals surface area contributed by atoms with E-state index in [1.54, 1.807) is 52.5 Å². The van der Waals surface area contributed by atoms with Crippen molar-refractivity contribution >= 4 is 23.8 Å². The molecule has 0 aliphatic carbocycles. The van der Waals surface area contributed by atoms with Crippen molar-refractivity contribution in [3.8, 4) is 0 Å². The van der Waals surface area contributed by atoms with Gasteiger partial charge in [-0.05, 0) is 68.2 Å². The minimum absolute atomic E-state index is 0.0159. The van der Waals surface area contributed by atoms with E-state index in [2.05, 4.69) is 16.0 Å². The van der Waals surface area contributed by atoms with Crippen molar-refractivity contribution in [1.82, 2.24) is 20.9 Å². The fourth-order valence-corrected chi connectivity index (χ4v) is 3.18. The van der Waals surface area contributed by atoms with E-state index in [1.807, 2.05) is 13.8 Å². The molecule has 176 valence electrons. The summed E-state index contributed by atoms with van der Waals surface area (Å²) in [5.74, 6) is -0.844. The van der Waals surface area contributed by atoms with E-state index in [1.165, 1.54) is 0 Å². The molecule has 0 unspecified atom stereocenters. The highest BCUT2D eigenvalue weighted by atomic mass is 16.6. The van der Waals surface area contributed by atoms with E-state index in [0.29, 0.717) is 12.1 Å². The summed E-state index contributed by atoms with van der Waals surface area (Å²) in [5, 5.41) is 8.00. The van der Waals surface area contributed by atoms with Gasteiger partial charge in [-0.25, -0.2) is 4.79 Å². The molecule has 1 heterocycles. The number of amides is 4. The van der Waals surface area contributed by atoms with Crippen LogP contribution in [0, 0.1) is 0 Å². The SMILES string of the molecule is C/C(=C\[C@@H]1CCCN1C(=O)[C@H](C)NC(=O)OC(C)(C)C)C(=O)N[C@@H](C)C(=O)NC(C)C. The van der Waals surface area contributed by atoms with E-state index < -0.39 is 23.8 Å². The third-order valence-electron chi connectivity index (χ3n) is 4.66. The molecule has 1 aliphatic rings. The first-order valence-electron chi connectivity index (χ1n) is 10.8. The molecule has 9 nitrogen and oxygen atoms in total. The number of carbonyl (C=O) groups excluding carboxylic acids is 4. The van der Waals surface area contributed by atoms with Crippen LogP contribution in [0.3, 0.4) is 0 Å². The molecule has 1 aliphatic heterocycles. The van der Waals surface area contributed by atoms with Crippen LogP contribution in [0.5, 0.6) is 0 Å². The number of nitrogens with one attached hydrogen (secondary N) is 3. The lowest BCUT2D eigenvalue weighted by atomic mass is 10.1. The first-order valence-corrected chi connectivity index (χ1v) is 10.8. The summed E-state index contributed by atoms with van der Waals surface area (Å²) in [4.78, 5) is 51.0. The monoisotopic (exact) mass is 438 g/mol. The highest BCUT2D eigenvalue weighted by molar-refractivity contribution is 5.96. The molecule has 0 aromatic heterocycles. The zero-order valence-electron chi connectivity index (χ0n) is 20.0. The first kappa shape index (κ1) is 26.5. The van der Waals surface area contributed by atoms with E-state index in [-0.39, 0.29) is 29.8 Å². The van der Waals surface area contributed by atoms with E-state index in [0.717, 1.165) is 12.8 Å². The van der Waals surface area contributed by atoms with Crippen LogP contribution in [-0.4, -0.2) is 65.0 Å². The molecule has 0 bridgehead atoms. The van der Waals surface area contributed by atoms with Gasteiger partial charge in [-0.2, -0.15) is 0 Å². The number of nitrogens with zero attached hydrogens (tertiary/aromatic N) is 1. The quantitative estimate of drug-likeness (QED) is 0.525. The summed E-state index contributed by atoms with van der Waals surface area (Å²) in [5.41, 5.74) is -0.221. The fourth-order valence-electron chi connectivity index (χ4n) is 3.18. The Labute approximate surface area is 185 Å². The van der Waals surface area contributed by atoms with Gasteiger partial charge in [-0.15, -0.1) is 0 Å². The molecule has 1 saturated heterocycles. The molecule has 9 heteroatoms. The van der Waals surface area contributed by atoms with Gasteiger partial charge in [-0.1, -0.05) is 6.08 Å². The molecule has 0 saturated carbocycles. The van der Waals surface area contributed by atoms with Crippen molar-refractivity contribution < 1.29 is 23.9 Å². The predicted molar refractivity (Wildman–Crippen MR) is 118 cm³/mol. The highest BCUT2D eigenvalue weighted by Crippen LogP contribution is 2.21. The summed E-state index contributed by atoms with van der Waals surface area (Å²) in [6, 6.07) is -1.69. The Morgan fingerprint density at radius 3 is 2.16 bits per heavy atom. The zero-order chi connectivity index (χ0) is 23.9. The van der Waals surface area contributed by atoms with Crippen LogP contribution < -0.4 is 16.0 Å². The summed E-state index contributed by atoms with van der Waals surface area (Å²) in [7, 11) is 0. The topological polar surface area (TPSA) is 117 Å². The largest absolute Gasteiger partial charge is 0.444 e. The smallest absolute Gasteiger partial charge is 0.408 e. The second-order valence-corrected chi connectivity index (χ2v) is 9.32. The molecule has 31 heavy (non-hydrogen) atoms. The van der Waals surface area contributed by atoms with Crippen LogP contribution in [-0.2, 0) is 19.1 Å². The second-order valence-electron chi connectivity index (χ2n) is 9.32. The average molecular weight is 439 g/mol. The molecular weight excluding hydrogens is 400 g/mol. The van der Waals surface area contributed by atoms with Crippen LogP contribution in [0.2, 0.25) is 0 Å². The molecular formula is C22H38N4O5. The van der Waals surface area contributed by atoms with Gasteiger partial charge in [0.25, 0.3) is 0 Å². The molecule has 0 aromatic carbocycles. The van der Waals surface area contributed by atoms with Crippen LogP contribution in [0.1, 0.15) is 68.2 Å². The van der Waals surface area contributed by atoms with Crippen molar-refractivity contribution in [2.75, 3.05) is 6.54 Å². The van der Waals surface area contributed by atoms with Gasteiger partial charge in [0, 0.05) is 18.2 Å². The van der Waals surface area contributed by atoms with Crippen molar-refractivity contribution in [3.05, 3.63) is 11.6 Å². The number of rotatable bonds is 7. The van der Waals surface area contributed by atoms with Crippen LogP contribution in [0.15, 0.2) is 11.6 Å². The van der Waals surface area contributed by atoms with Crippen LogP contribution in [0.25, 0.3) is 0 Å². The standard InChI is InChI=1S/C22H38N4O5/c1-13(2)23-19(28)15(4)24-18(27)14(3)12-17-10-9-11-26(17)20(29)16(5)25-21(30)31-22(6,7)8/h12-13,15-17H,9-11H2,1-8H3,(H,23,28)(H,24,27)(H,25,30)/b14-12+/t15-,16-,17-/m0/s1. The van der Waals surface area contributed by atoms with Gasteiger partial charge in [-0.3, -0.25) is 14.4 Å². The number of ether oxygens (including phenoxy) is 1. The minimum Gasteiger partial charge on any atom is -0.444 e. The van der Waals surface area contributed by atoms with E-state index >= 15 is 0 Å². The molecule has 0 radical (unpaired) electrons. The third kappa shape index (κ3) is 8.98. The molecule has 0 spiro atoms. The Balaban J connectivity index is 2.73. The van der Waals surface area contributed by atoms with Crippen LogP contribution >= 0.6 is 0 Å². The molecule has 3 atom stereocenters. The lowest BCUT2D eigenvalue weighted by Gasteiger charge is -2.27. The third-order valence-corrected chi connectivity index (χ3v) is 4.66. The maximum atomic E-state index is 12.9. The Kier molecular flexibility index (Phi) is 9.52. The van der Waals surface area contributed by atoms with Gasteiger partial charge in [0.05, 0.1) is 6.04 Å². The van der Waals surface area contributed by atoms with Crippen molar-refractivity contribution in [1.29, 1.82) is 0 Å². The van der Waals surface area contributed by atoms with Gasteiger partial charge < -0.3 is 25.6 Å². The van der Waals surface area contributed by atoms with Gasteiger partial charge in [0.15, 0.2) is 0 Å². The maximum Gasteiger partial charge on any atom is 0.408 e. The van der Waals surface area contributed by atoms with Gasteiger partial charge in [0.2, 0.25) is 17.7 Å². The predicted octanol–water partition coefficient (Wildman–Crippen LogP) is 1.87. The Morgan fingerprint density at radius 1 is 1.00 bits per heavy atom. The summed E-state index contributed by atoms with van der Waals surface area (Å²) in [6.07, 6.45) is 2.62.